The van der Waals surface area contributed by atoms with Crippen LogP contribution in [0.2, 0.25) is 0 Å². The summed E-state index contributed by atoms with van der Waals surface area (Å²) in [7, 11) is 0. The number of nitrogens with zero attached hydrogens (tertiary/aromatic N) is 3. The molecule has 0 spiro atoms. The molecule has 0 unspecified atom stereocenters. The Morgan fingerprint density at radius 2 is 1.80 bits per heavy atom. The lowest BCUT2D eigenvalue weighted by atomic mass is 10.1. The summed E-state index contributed by atoms with van der Waals surface area (Å²) in [5, 5.41) is 4.80. The Labute approximate surface area is 188 Å². The van der Waals surface area contributed by atoms with Gasteiger partial charge in [-0.15, -0.1) is 22.7 Å². The van der Waals surface area contributed by atoms with E-state index >= 15 is 0 Å². The summed E-state index contributed by atoms with van der Waals surface area (Å²) in [6.07, 6.45) is 0. The first-order chi connectivity index (χ1) is 14.5. The van der Waals surface area contributed by atoms with Gasteiger partial charge < -0.3 is 0 Å². The van der Waals surface area contributed by atoms with E-state index in [9.17, 15) is 4.79 Å². The van der Waals surface area contributed by atoms with Crippen molar-refractivity contribution in [1.29, 1.82) is 0 Å². The molecule has 0 saturated carbocycles. The van der Waals surface area contributed by atoms with Crippen molar-refractivity contribution >= 4 is 51.2 Å². The quantitative estimate of drug-likeness (QED) is 0.300. The Morgan fingerprint density at radius 1 is 1.00 bits per heavy atom. The third-order valence-corrected chi connectivity index (χ3v) is 7.62. The largest absolute Gasteiger partial charge is 0.274 e. The zero-order chi connectivity index (χ0) is 21.1. The van der Waals surface area contributed by atoms with E-state index in [1.165, 1.54) is 16.9 Å². The van der Waals surface area contributed by atoms with Crippen LogP contribution in [0.1, 0.15) is 23.7 Å². The Kier molecular flexibility index (Phi) is 6.32. The summed E-state index contributed by atoms with van der Waals surface area (Å²) in [4.78, 5) is 23.5. The fourth-order valence-corrected chi connectivity index (χ4v) is 5.68. The first-order valence-corrected chi connectivity index (χ1v) is 12.2. The number of thiazole rings is 2. The monoisotopic (exact) mass is 451 g/mol. The van der Waals surface area contributed by atoms with Crippen molar-refractivity contribution in [3.63, 3.8) is 0 Å². The minimum absolute atomic E-state index is 0.0424. The number of rotatable bonds is 6. The number of carbonyl (C=O) groups is 1. The van der Waals surface area contributed by atoms with Gasteiger partial charge in [0.1, 0.15) is 0 Å². The van der Waals surface area contributed by atoms with Gasteiger partial charge in [-0.05, 0) is 37.1 Å². The molecule has 0 aliphatic carbocycles. The normalized spacial score (nSPS) is 10.9. The fourth-order valence-electron chi connectivity index (χ4n) is 2.96. The number of anilines is 2. The molecule has 4 aromatic rings. The molecule has 152 valence electrons. The number of benzene rings is 2. The van der Waals surface area contributed by atoms with Crippen molar-refractivity contribution in [2.45, 2.75) is 30.9 Å². The fraction of sp³-hybridized carbons (Fsp3) is 0.174. The van der Waals surface area contributed by atoms with Crippen molar-refractivity contribution in [3.8, 4) is 11.3 Å². The molecule has 2 aromatic carbocycles. The van der Waals surface area contributed by atoms with Crippen LogP contribution >= 0.6 is 34.4 Å². The first kappa shape index (κ1) is 20.8. The second-order valence-corrected chi connectivity index (χ2v) is 9.81. The smallest absolute Gasteiger partial charge is 0.230 e. The van der Waals surface area contributed by atoms with Crippen LogP contribution in [0.25, 0.3) is 11.3 Å². The van der Waals surface area contributed by atoms with Gasteiger partial charge in [0.05, 0.1) is 17.1 Å². The molecule has 0 atom stereocenters. The number of aryl methyl sites for hydroxylation is 2. The molecule has 0 N–H and O–H groups in total. The number of hydrogen-bond donors (Lipinski definition) is 0. The van der Waals surface area contributed by atoms with Crippen molar-refractivity contribution in [1.82, 2.24) is 9.97 Å². The van der Waals surface area contributed by atoms with Crippen molar-refractivity contribution in [3.05, 3.63) is 76.1 Å². The third-order valence-electron chi connectivity index (χ3n) is 4.69. The van der Waals surface area contributed by atoms with Gasteiger partial charge in [-0.1, -0.05) is 48.2 Å². The molecule has 30 heavy (non-hydrogen) atoms. The summed E-state index contributed by atoms with van der Waals surface area (Å²) in [5.41, 5.74) is 6.29. The zero-order valence-corrected chi connectivity index (χ0v) is 19.4. The van der Waals surface area contributed by atoms with E-state index in [0.29, 0.717) is 5.13 Å². The van der Waals surface area contributed by atoms with Crippen LogP contribution in [0.5, 0.6) is 0 Å². The third kappa shape index (κ3) is 4.64. The van der Waals surface area contributed by atoms with Crippen LogP contribution in [-0.4, -0.2) is 15.9 Å². The minimum Gasteiger partial charge on any atom is -0.274 e. The molecule has 0 fully saturated rings. The highest BCUT2D eigenvalue weighted by atomic mass is 32.2. The Hall–Kier alpha value is -2.48. The van der Waals surface area contributed by atoms with E-state index in [1.54, 1.807) is 34.9 Å². The van der Waals surface area contributed by atoms with Gasteiger partial charge in [0, 0.05) is 29.0 Å². The second-order valence-electron chi connectivity index (χ2n) is 6.90. The average Bonchev–Trinajstić information content (AvgIpc) is 3.39. The van der Waals surface area contributed by atoms with Crippen LogP contribution in [-0.2, 0) is 10.5 Å². The summed E-state index contributed by atoms with van der Waals surface area (Å²) in [6.45, 7) is 5.70. The first-order valence-electron chi connectivity index (χ1n) is 9.47. The summed E-state index contributed by atoms with van der Waals surface area (Å²) in [5.74, 6) is 0.677. The molecule has 4 nitrogen and oxygen atoms in total. The maximum absolute atomic E-state index is 12.3. The summed E-state index contributed by atoms with van der Waals surface area (Å²) >= 11 is 4.81. The SMILES string of the molecule is CC(=O)N(c1ccc(C)c(C)c1)c1nc(CSc2nc(-c3ccccc3)cs2)cs1. The molecular weight excluding hydrogens is 430 g/mol. The predicted molar refractivity (Wildman–Crippen MR) is 128 cm³/mol. The van der Waals surface area contributed by atoms with Crippen LogP contribution in [0.15, 0.2) is 63.6 Å². The Balaban J connectivity index is 1.47. The molecule has 0 aliphatic rings. The van der Waals surface area contributed by atoms with Gasteiger partial charge in [-0.3, -0.25) is 9.69 Å². The molecule has 2 aromatic heterocycles. The van der Waals surface area contributed by atoms with E-state index in [2.05, 4.69) is 31.4 Å². The zero-order valence-electron chi connectivity index (χ0n) is 17.0. The topological polar surface area (TPSA) is 46.1 Å². The van der Waals surface area contributed by atoms with E-state index < -0.39 is 0 Å². The lowest BCUT2D eigenvalue weighted by molar-refractivity contribution is -0.115. The van der Waals surface area contributed by atoms with E-state index in [4.69, 9.17) is 9.97 Å². The highest BCUT2D eigenvalue weighted by Crippen LogP contribution is 2.34. The molecular formula is C23H21N3OS3. The Morgan fingerprint density at radius 3 is 2.53 bits per heavy atom. The maximum atomic E-state index is 12.3. The van der Waals surface area contributed by atoms with Crippen molar-refractivity contribution in [2.24, 2.45) is 0 Å². The highest BCUT2D eigenvalue weighted by molar-refractivity contribution is 8.00. The van der Waals surface area contributed by atoms with E-state index in [1.807, 2.05) is 41.8 Å². The number of hydrogen-bond acceptors (Lipinski definition) is 6. The van der Waals surface area contributed by atoms with Crippen molar-refractivity contribution < 1.29 is 4.79 Å². The maximum Gasteiger partial charge on any atom is 0.230 e. The number of carbonyl (C=O) groups excluding carboxylic acids is 1. The van der Waals surface area contributed by atoms with Gasteiger partial charge in [0.25, 0.3) is 0 Å². The van der Waals surface area contributed by atoms with Crippen LogP contribution in [0.4, 0.5) is 10.8 Å². The van der Waals surface area contributed by atoms with Crippen LogP contribution < -0.4 is 4.90 Å². The molecule has 0 radical (unpaired) electrons. The molecule has 0 saturated heterocycles. The molecule has 0 bridgehead atoms. The molecule has 4 rings (SSSR count). The number of amides is 1. The molecule has 7 heteroatoms. The lowest BCUT2D eigenvalue weighted by Crippen LogP contribution is -2.22. The minimum atomic E-state index is -0.0424. The van der Waals surface area contributed by atoms with Gasteiger partial charge in [-0.2, -0.15) is 0 Å². The number of thioether (sulfide) groups is 1. The standard InChI is InChI=1S/C23H21N3OS3/c1-15-9-10-20(11-16(15)2)26(17(3)27)22-24-19(12-28-22)13-29-23-25-21(14-30-23)18-7-5-4-6-8-18/h4-12,14H,13H2,1-3H3. The van der Waals surface area contributed by atoms with Crippen LogP contribution in [0, 0.1) is 13.8 Å². The van der Waals surface area contributed by atoms with Crippen LogP contribution in [0.3, 0.4) is 0 Å². The summed E-state index contributed by atoms with van der Waals surface area (Å²) in [6, 6.07) is 16.2. The van der Waals surface area contributed by atoms with Gasteiger partial charge >= 0.3 is 0 Å². The number of aromatic nitrogens is 2. The predicted octanol–water partition coefficient (Wildman–Crippen LogP) is 6.86. The summed E-state index contributed by atoms with van der Waals surface area (Å²) < 4.78 is 1.01. The van der Waals surface area contributed by atoms with E-state index in [0.717, 1.165) is 38.3 Å². The molecule has 2 heterocycles. The van der Waals surface area contributed by atoms with Gasteiger partial charge in [0.2, 0.25) is 5.91 Å². The molecule has 0 aliphatic heterocycles. The molecule has 1 amide bonds. The van der Waals surface area contributed by atoms with E-state index in [-0.39, 0.29) is 5.91 Å². The second kappa shape index (κ2) is 9.12. The Bertz CT molecular complexity index is 1170. The van der Waals surface area contributed by atoms with Crippen molar-refractivity contribution in [2.75, 3.05) is 4.90 Å². The highest BCUT2D eigenvalue weighted by Gasteiger charge is 2.18. The lowest BCUT2D eigenvalue weighted by Gasteiger charge is -2.19. The average molecular weight is 452 g/mol. The van der Waals surface area contributed by atoms with Gasteiger partial charge in [0.15, 0.2) is 9.47 Å². The van der Waals surface area contributed by atoms with Gasteiger partial charge in [-0.25, -0.2) is 9.97 Å².